The summed E-state index contributed by atoms with van der Waals surface area (Å²) in [5.74, 6) is 0. The Kier molecular flexibility index (Phi) is 1.34. The van der Waals surface area contributed by atoms with Crippen molar-refractivity contribution < 1.29 is 5.21 Å². The van der Waals surface area contributed by atoms with Gasteiger partial charge in [0, 0.05) is 0 Å². The standard InChI is InChI=1S/C6H8N4O/c11-9-5-3-1-2-4-6(5)8-10-7-4/h11H,1-3H2,(H,7,8,10)/b9-5-. The van der Waals surface area contributed by atoms with E-state index in [1.807, 2.05) is 0 Å². The lowest BCUT2D eigenvalue weighted by Crippen LogP contribution is -2.11. The molecule has 1 heterocycles. The number of nitrogens with one attached hydrogen (secondary N) is 1. The van der Waals surface area contributed by atoms with Gasteiger partial charge in [-0.25, -0.2) is 0 Å². The van der Waals surface area contributed by atoms with E-state index in [2.05, 4.69) is 20.6 Å². The van der Waals surface area contributed by atoms with Crippen molar-refractivity contribution in [3.05, 3.63) is 11.4 Å². The van der Waals surface area contributed by atoms with Crippen LogP contribution in [0.4, 0.5) is 0 Å². The van der Waals surface area contributed by atoms with Gasteiger partial charge in [-0.2, -0.15) is 15.4 Å². The maximum Gasteiger partial charge on any atom is 0.133 e. The number of hydrogen-bond acceptors (Lipinski definition) is 4. The number of aromatic nitrogens is 3. The summed E-state index contributed by atoms with van der Waals surface area (Å²) >= 11 is 0. The smallest absolute Gasteiger partial charge is 0.133 e. The molecule has 0 saturated heterocycles. The van der Waals surface area contributed by atoms with Crippen LogP contribution in [0.5, 0.6) is 0 Å². The second kappa shape index (κ2) is 2.34. The Bertz CT molecular complexity index is 291. The summed E-state index contributed by atoms with van der Waals surface area (Å²) < 4.78 is 0. The van der Waals surface area contributed by atoms with Gasteiger partial charge in [-0.3, -0.25) is 0 Å². The molecule has 0 unspecified atom stereocenters. The summed E-state index contributed by atoms with van der Waals surface area (Å²) in [6, 6.07) is 0. The van der Waals surface area contributed by atoms with Crippen LogP contribution in [0.15, 0.2) is 5.16 Å². The summed E-state index contributed by atoms with van der Waals surface area (Å²) in [5, 5.41) is 22.0. The normalized spacial score (nSPS) is 20.2. The van der Waals surface area contributed by atoms with Gasteiger partial charge < -0.3 is 5.21 Å². The number of nitrogens with zero attached hydrogens (tertiary/aromatic N) is 3. The Hall–Kier alpha value is -1.39. The van der Waals surface area contributed by atoms with E-state index in [9.17, 15) is 0 Å². The van der Waals surface area contributed by atoms with Crippen molar-refractivity contribution in [1.29, 1.82) is 0 Å². The molecule has 0 spiro atoms. The highest BCUT2D eigenvalue weighted by Gasteiger charge is 2.19. The van der Waals surface area contributed by atoms with Crippen LogP contribution in [0, 0.1) is 0 Å². The molecular formula is C6H8N4O. The van der Waals surface area contributed by atoms with E-state index in [0.29, 0.717) is 5.71 Å². The van der Waals surface area contributed by atoms with Crippen molar-refractivity contribution in [2.45, 2.75) is 19.3 Å². The first-order chi connectivity index (χ1) is 5.42. The number of H-pyrrole nitrogens is 1. The van der Waals surface area contributed by atoms with Gasteiger partial charge in [0.1, 0.15) is 11.4 Å². The van der Waals surface area contributed by atoms with Crippen molar-refractivity contribution in [2.75, 3.05) is 0 Å². The molecule has 0 fully saturated rings. The lowest BCUT2D eigenvalue weighted by molar-refractivity contribution is 0.317. The Morgan fingerprint density at radius 1 is 1.36 bits per heavy atom. The highest BCUT2D eigenvalue weighted by atomic mass is 16.4. The second-order valence-corrected chi connectivity index (χ2v) is 2.52. The predicted molar refractivity (Wildman–Crippen MR) is 37.6 cm³/mol. The summed E-state index contributed by atoms with van der Waals surface area (Å²) in [5.41, 5.74) is 2.27. The van der Waals surface area contributed by atoms with Gasteiger partial charge in [0.15, 0.2) is 0 Å². The first kappa shape index (κ1) is 6.33. The summed E-state index contributed by atoms with van der Waals surface area (Å²) in [6.45, 7) is 0. The van der Waals surface area contributed by atoms with E-state index < -0.39 is 0 Å². The zero-order chi connectivity index (χ0) is 7.68. The van der Waals surface area contributed by atoms with Gasteiger partial charge in [0.2, 0.25) is 0 Å². The van der Waals surface area contributed by atoms with Crippen LogP contribution in [0.2, 0.25) is 0 Å². The van der Waals surface area contributed by atoms with E-state index in [1.165, 1.54) is 0 Å². The fraction of sp³-hybridized carbons (Fsp3) is 0.500. The quantitative estimate of drug-likeness (QED) is 0.415. The van der Waals surface area contributed by atoms with Gasteiger partial charge in [0.25, 0.3) is 0 Å². The van der Waals surface area contributed by atoms with Gasteiger partial charge in [0.05, 0.1) is 5.69 Å². The monoisotopic (exact) mass is 152 g/mol. The van der Waals surface area contributed by atoms with E-state index in [4.69, 9.17) is 5.21 Å². The molecule has 0 aliphatic heterocycles. The lowest BCUT2D eigenvalue weighted by Gasteiger charge is -2.07. The lowest BCUT2D eigenvalue weighted by atomic mass is 9.99. The van der Waals surface area contributed by atoms with Crippen molar-refractivity contribution in [1.82, 2.24) is 15.4 Å². The zero-order valence-corrected chi connectivity index (χ0v) is 5.91. The van der Waals surface area contributed by atoms with E-state index in [-0.39, 0.29) is 0 Å². The number of aryl methyl sites for hydroxylation is 1. The van der Waals surface area contributed by atoms with Crippen LogP contribution in [0.25, 0.3) is 0 Å². The predicted octanol–water partition coefficient (Wildman–Crippen LogP) is 0.319. The van der Waals surface area contributed by atoms with E-state index >= 15 is 0 Å². The van der Waals surface area contributed by atoms with E-state index in [1.54, 1.807) is 0 Å². The number of fused-ring (bicyclic) bond motifs is 1. The van der Waals surface area contributed by atoms with Crippen molar-refractivity contribution in [3.8, 4) is 0 Å². The van der Waals surface area contributed by atoms with Gasteiger partial charge in [-0.15, -0.1) is 0 Å². The van der Waals surface area contributed by atoms with Crippen LogP contribution < -0.4 is 0 Å². The van der Waals surface area contributed by atoms with E-state index in [0.717, 1.165) is 30.7 Å². The molecular weight excluding hydrogens is 144 g/mol. The molecule has 0 aromatic carbocycles. The Morgan fingerprint density at radius 3 is 3.09 bits per heavy atom. The third kappa shape index (κ3) is 0.886. The number of oxime groups is 1. The maximum absolute atomic E-state index is 8.56. The molecule has 0 atom stereocenters. The van der Waals surface area contributed by atoms with Gasteiger partial charge in [-0.05, 0) is 19.3 Å². The average Bonchev–Trinajstić information content (AvgIpc) is 2.50. The van der Waals surface area contributed by atoms with Gasteiger partial charge >= 0.3 is 0 Å². The largest absolute Gasteiger partial charge is 0.411 e. The van der Waals surface area contributed by atoms with Crippen molar-refractivity contribution >= 4 is 5.71 Å². The third-order valence-corrected chi connectivity index (χ3v) is 1.84. The molecule has 5 nitrogen and oxygen atoms in total. The first-order valence-corrected chi connectivity index (χ1v) is 3.53. The molecule has 11 heavy (non-hydrogen) atoms. The second-order valence-electron chi connectivity index (χ2n) is 2.52. The fourth-order valence-corrected chi connectivity index (χ4v) is 1.30. The van der Waals surface area contributed by atoms with Crippen LogP contribution in [0.3, 0.4) is 0 Å². The molecule has 58 valence electrons. The summed E-state index contributed by atoms with van der Waals surface area (Å²) in [7, 11) is 0. The van der Waals surface area contributed by atoms with Crippen molar-refractivity contribution in [3.63, 3.8) is 0 Å². The molecule has 1 aliphatic carbocycles. The van der Waals surface area contributed by atoms with Gasteiger partial charge in [-0.1, -0.05) is 5.16 Å². The summed E-state index contributed by atoms with van der Waals surface area (Å²) in [4.78, 5) is 0. The Labute approximate surface area is 63.1 Å². The maximum atomic E-state index is 8.56. The molecule has 1 aliphatic rings. The molecule has 0 bridgehead atoms. The Balaban J connectivity index is 2.48. The number of rotatable bonds is 0. The molecule has 2 N–H and O–H groups in total. The molecule has 0 saturated carbocycles. The molecule has 1 aromatic rings. The minimum absolute atomic E-state index is 0.639. The van der Waals surface area contributed by atoms with Crippen LogP contribution in [0.1, 0.15) is 24.2 Å². The zero-order valence-electron chi connectivity index (χ0n) is 5.91. The molecule has 0 amide bonds. The van der Waals surface area contributed by atoms with Crippen molar-refractivity contribution in [2.24, 2.45) is 5.16 Å². The minimum Gasteiger partial charge on any atom is -0.411 e. The fourth-order valence-electron chi connectivity index (χ4n) is 1.30. The first-order valence-electron chi connectivity index (χ1n) is 3.53. The summed E-state index contributed by atoms with van der Waals surface area (Å²) in [6.07, 6.45) is 2.69. The van der Waals surface area contributed by atoms with Crippen LogP contribution >= 0.6 is 0 Å². The highest BCUT2D eigenvalue weighted by molar-refractivity contribution is 6.00. The molecule has 2 rings (SSSR count). The average molecular weight is 152 g/mol. The van der Waals surface area contributed by atoms with Crippen LogP contribution in [-0.4, -0.2) is 26.3 Å². The third-order valence-electron chi connectivity index (χ3n) is 1.84. The molecule has 5 heteroatoms. The topological polar surface area (TPSA) is 74.2 Å². The number of aromatic amines is 1. The highest BCUT2D eigenvalue weighted by Crippen LogP contribution is 2.16. The SMILES string of the molecule is O/N=C1/CCCc2n[nH]nc21. The Morgan fingerprint density at radius 2 is 2.27 bits per heavy atom. The molecule has 0 radical (unpaired) electrons. The minimum atomic E-state index is 0.639. The number of hydrogen-bond donors (Lipinski definition) is 2. The molecule has 1 aromatic heterocycles. The van der Waals surface area contributed by atoms with Crippen LogP contribution in [-0.2, 0) is 6.42 Å².